The van der Waals surface area contributed by atoms with Gasteiger partial charge in [0.1, 0.15) is 0 Å². The summed E-state index contributed by atoms with van der Waals surface area (Å²) in [7, 11) is 0. The molecule has 0 radical (unpaired) electrons. The summed E-state index contributed by atoms with van der Waals surface area (Å²) in [6.07, 6.45) is -2.81. The number of rotatable bonds is 4. The third-order valence-corrected chi connectivity index (χ3v) is 5.63. The molecule has 164 valence electrons. The van der Waals surface area contributed by atoms with Gasteiger partial charge in [0.2, 0.25) is 5.43 Å². The van der Waals surface area contributed by atoms with Crippen LogP contribution >= 0.6 is 23.4 Å². The van der Waals surface area contributed by atoms with E-state index in [9.17, 15) is 18.0 Å². The average Bonchev–Trinajstić information content (AvgIpc) is 3.18. The SMILES string of the molecule is CSc1nnc(-c2n[nH]c(C)c(-c3ccc(Cl)cc3)c2=O)n1-c1cccc(C(F)(F)F)c1. The van der Waals surface area contributed by atoms with Gasteiger partial charge in [-0.15, -0.1) is 10.2 Å². The molecule has 2 aromatic carbocycles. The molecule has 0 aliphatic rings. The van der Waals surface area contributed by atoms with Gasteiger partial charge in [-0.3, -0.25) is 14.5 Å². The molecule has 0 fully saturated rings. The molecular weight excluding hydrogens is 463 g/mol. The highest BCUT2D eigenvalue weighted by molar-refractivity contribution is 7.98. The van der Waals surface area contributed by atoms with Crippen LogP contribution in [0, 0.1) is 6.92 Å². The minimum absolute atomic E-state index is 0.0325. The van der Waals surface area contributed by atoms with E-state index in [1.54, 1.807) is 37.4 Å². The van der Waals surface area contributed by atoms with Gasteiger partial charge >= 0.3 is 6.18 Å². The molecule has 11 heteroatoms. The lowest BCUT2D eigenvalue weighted by molar-refractivity contribution is -0.137. The van der Waals surface area contributed by atoms with Gasteiger partial charge in [0.15, 0.2) is 16.7 Å². The maximum Gasteiger partial charge on any atom is 0.416 e. The largest absolute Gasteiger partial charge is 0.416 e. The molecule has 2 aromatic heterocycles. The second kappa shape index (κ2) is 8.44. The van der Waals surface area contributed by atoms with Gasteiger partial charge in [0.25, 0.3) is 0 Å². The molecule has 4 aromatic rings. The van der Waals surface area contributed by atoms with Crippen molar-refractivity contribution in [1.82, 2.24) is 25.0 Å². The van der Waals surface area contributed by atoms with E-state index in [2.05, 4.69) is 20.4 Å². The lowest BCUT2D eigenvalue weighted by Crippen LogP contribution is -2.17. The number of aromatic amines is 1. The maximum absolute atomic E-state index is 13.4. The molecule has 0 atom stereocenters. The van der Waals surface area contributed by atoms with E-state index in [0.29, 0.717) is 27.0 Å². The number of aromatic nitrogens is 5. The topological polar surface area (TPSA) is 76.5 Å². The number of hydrogen-bond donors (Lipinski definition) is 1. The standard InChI is InChI=1S/C21H15ClF3N5OS/c1-11-16(12-6-8-14(22)9-7-12)18(31)17(27-26-11)19-28-29-20(32-2)30(19)15-5-3-4-13(10-15)21(23,24)25/h3-10H,1-2H3,(H,26,31). The summed E-state index contributed by atoms with van der Waals surface area (Å²) in [4.78, 5) is 13.4. The molecule has 6 nitrogen and oxygen atoms in total. The molecular formula is C21H15ClF3N5OS. The predicted octanol–water partition coefficient (Wildman–Crippen LogP) is 5.39. The third kappa shape index (κ3) is 4.03. The average molecular weight is 478 g/mol. The number of alkyl halides is 3. The molecule has 0 bridgehead atoms. The van der Waals surface area contributed by atoms with E-state index in [-0.39, 0.29) is 17.2 Å². The zero-order valence-electron chi connectivity index (χ0n) is 16.7. The fourth-order valence-electron chi connectivity index (χ4n) is 3.26. The van der Waals surface area contributed by atoms with Crippen molar-refractivity contribution in [1.29, 1.82) is 0 Å². The van der Waals surface area contributed by atoms with Crippen molar-refractivity contribution < 1.29 is 13.2 Å². The number of hydrogen-bond acceptors (Lipinski definition) is 5. The molecule has 0 amide bonds. The molecule has 0 saturated carbocycles. The first-order valence-electron chi connectivity index (χ1n) is 9.23. The van der Waals surface area contributed by atoms with Crippen LogP contribution in [-0.4, -0.2) is 31.2 Å². The molecule has 4 rings (SSSR count). The van der Waals surface area contributed by atoms with E-state index >= 15 is 0 Å². The molecule has 2 heterocycles. The van der Waals surface area contributed by atoms with Gasteiger partial charge in [-0.1, -0.05) is 41.6 Å². The molecule has 1 N–H and O–H groups in total. The van der Waals surface area contributed by atoms with Gasteiger partial charge in [-0.2, -0.15) is 18.3 Å². The number of H-pyrrole nitrogens is 1. The predicted molar refractivity (Wildman–Crippen MR) is 117 cm³/mol. The first-order chi connectivity index (χ1) is 15.2. The molecule has 0 aliphatic carbocycles. The minimum Gasteiger partial charge on any atom is -0.287 e. The van der Waals surface area contributed by atoms with Crippen LogP contribution < -0.4 is 5.43 Å². The fraction of sp³-hybridized carbons (Fsp3) is 0.143. The van der Waals surface area contributed by atoms with Crippen LogP contribution in [0.3, 0.4) is 0 Å². The summed E-state index contributed by atoms with van der Waals surface area (Å²) in [5.74, 6) is 0.0325. The lowest BCUT2D eigenvalue weighted by atomic mass is 10.0. The molecule has 32 heavy (non-hydrogen) atoms. The highest BCUT2D eigenvalue weighted by Crippen LogP contribution is 2.32. The van der Waals surface area contributed by atoms with Gasteiger partial charge in [-0.05, 0) is 49.1 Å². The number of thioether (sulfide) groups is 1. The van der Waals surface area contributed by atoms with E-state index in [1.165, 1.54) is 28.5 Å². The van der Waals surface area contributed by atoms with Crippen molar-refractivity contribution in [2.24, 2.45) is 0 Å². The smallest absolute Gasteiger partial charge is 0.287 e. The molecule has 0 saturated heterocycles. The fourth-order valence-corrected chi connectivity index (χ4v) is 3.88. The van der Waals surface area contributed by atoms with Crippen LogP contribution in [0.25, 0.3) is 28.3 Å². The number of halogens is 4. The van der Waals surface area contributed by atoms with Crippen molar-refractivity contribution in [2.45, 2.75) is 18.3 Å². The summed E-state index contributed by atoms with van der Waals surface area (Å²) in [5.41, 5.74) is 0.343. The maximum atomic E-state index is 13.4. The Morgan fingerprint density at radius 1 is 1.09 bits per heavy atom. The first kappa shape index (κ1) is 22.1. The normalized spacial score (nSPS) is 11.7. The quantitative estimate of drug-likeness (QED) is 0.399. The summed E-state index contributed by atoms with van der Waals surface area (Å²) in [6.45, 7) is 1.70. The van der Waals surface area contributed by atoms with Crippen LogP contribution in [0.1, 0.15) is 11.3 Å². The van der Waals surface area contributed by atoms with E-state index in [0.717, 1.165) is 12.1 Å². The van der Waals surface area contributed by atoms with Crippen LogP contribution in [0.2, 0.25) is 5.02 Å². The van der Waals surface area contributed by atoms with Gasteiger partial charge in [-0.25, -0.2) is 0 Å². The number of aryl methyl sites for hydroxylation is 1. The minimum atomic E-state index is -4.52. The third-order valence-electron chi connectivity index (χ3n) is 4.74. The number of nitrogens with one attached hydrogen (secondary N) is 1. The number of nitrogens with zero attached hydrogens (tertiary/aromatic N) is 4. The van der Waals surface area contributed by atoms with Crippen molar-refractivity contribution in [3.8, 4) is 28.3 Å². The Morgan fingerprint density at radius 3 is 2.47 bits per heavy atom. The van der Waals surface area contributed by atoms with Crippen molar-refractivity contribution in [3.63, 3.8) is 0 Å². The summed E-state index contributed by atoms with van der Waals surface area (Å²) >= 11 is 7.14. The monoisotopic (exact) mass is 477 g/mol. The van der Waals surface area contributed by atoms with Gasteiger partial charge < -0.3 is 0 Å². The van der Waals surface area contributed by atoms with E-state index in [4.69, 9.17) is 11.6 Å². The van der Waals surface area contributed by atoms with Crippen LogP contribution in [0.15, 0.2) is 58.5 Å². The zero-order chi connectivity index (χ0) is 23.0. The number of benzene rings is 2. The van der Waals surface area contributed by atoms with Gasteiger partial charge in [0.05, 0.1) is 16.8 Å². The zero-order valence-corrected chi connectivity index (χ0v) is 18.3. The van der Waals surface area contributed by atoms with Crippen LogP contribution in [0.4, 0.5) is 13.2 Å². The Bertz CT molecular complexity index is 1350. The summed E-state index contributed by atoms with van der Waals surface area (Å²) in [5, 5.41) is 15.9. The summed E-state index contributed by atoms with van der Waals surface area (Å²) < 4.78 is 41.2. The highest BCUT2D eigenvalue weighted by atomic mass is 35.5. The van der Waals surface area contributed by atoms with E-state index in [1.807, 2.05) is 0 Å². The lowest BCUT2D eigenvalue weighted by Gasteiger charge is -2.13. The Morgan fingerprint density at radius 2 is 1.81 bits per heavy atom. The van der Waals surface area contributed by atoms with Crippen molar-refractivity contribution in [3.05, 3.63) is 75.0 Å². The molecule has 0 aliphatic heterocycles. The van der Waals surface area contributed by atoms with E-state index < -0.39 is 17.2 Å². The first-order valence-corrected chi connectivity index (χ1v) is 10.8. The highest BCUT2D eigenvalue weighted by Gasteiger charge is 2.31. The Hall–Kier alpha value is -3.11. The second-order valence-corrected chi connectivity index (χ2v) is 8.01. The summed E-state index contributed by atoms with van der Waals surface area (Å²) in [6, 6.07) is 11.5. The van der Waals surface area contributed by atoms with Crippen molar-refractivity contribution in [2.75, 3.05) is 6.26 Å². The molecule has 0 spiro atoms. The van der Waals surface area contributed by atoms with Crippen LogP contribution in [0.5, 0.6) is 0 Å². The van der Waals surface area contributed by atoms with Gasteiger partial charge in [0, 0.05) is 10.7 Å². The van der Waals surface area contributed by atoms with Crippen molar-refractivity contribution >= 4 is 23.4 Å². The second-order valence-electron chi connectivity index (χ2n) is 6.80. The Labute approximate surface area is 189 Å². The van der Waals surface area contributed by atoms with Crippen LogP contribution in [-0.2, 0) is 6.18 Å². The Balaban J connectivity index is 1.94. The molecule has 0 unspecified atom stereocenters. The Kier molecular flexibility index (Phi) is 5.83.